The minimum absolute atomic E-state index is 0.314. The Labute approximate surface area is 84.3 Å². The molecule has 1 aliphatic heterocycles. The summed E-state index contributed by atoms with van der Waals surface area (Å²) >= 11 is 0. The molecule has 0 spiro atoms. The molecule has 1 saturated heterocycles. The van der Waals surface area contributed by atoms with Gasteiger partial charge in [-0.2, -0.15) is 0 Å². The van der Waals surface area contributed by atoms with Gasteiger partial charge in [-0.05, 0) is 25.8 Å². The van der Waals surface area contributed by atoms with Crippen molar-refractivity contribution in [2.75, 3.05) is 19.8 Å². The summed E-state index contributed by atoms with van der Waals surface area (Å²) in [6, 6.07) is 0.527. The molecule has 14 heavy (non-hydrogen) atoms. The van der Waals surface area contributed by atoms with Crippen LogP contribution in [0.5, 0.6) is 0 Å². The zero-order valence-corrected chi connectivity index (χ0v) is 8.41. The predicted molar refractivity (Wildman–Crippen MR) is 54.5 cm³/mol. The summed E-state index contributed by atoms with van der Waals surface area (Å²) in [4.78, 5) is 0. The molecule has 1 rings (SSSR count). The molecule has 5 nitrogen and oxygen atoms in total. The Balaban J connectivity index is 1.89. The Morgan fingerprint density at radius 2 is 2.43 bits per heavy atom. The first-order chi connectivity index (χ1) is 6.83. The lowest BCUT2D eigenvalue weighted by molar-refractivity contribution is 0.190. The normalized spacial score (nSPS) is 22.9. The van der Waals surface area contributed by atoms with Crippen LogP contribution in [0, 0.1) is 0 Å². The van der Waals surface area contributed by atoms with Gasteiger partial charge in [0.25, 0.3) is 0 Å². The van der Waals surface area contributed by atoms with E-state index in [9.17, 15) is 0 Å². The molecule has 0 amide bonds. The van der Waals surface area contributed by atoms with Gasteiger partial charge in [0.05, 0.1) is 6.61 Å². The number of oxime groups is 1. The van der Waals surface area contributed by atoms with Crippen LogP contribution in [-0.4, -0.2) is 36.8 Å². The average molecular weight is 201 g/mol. The van der Waals surface area contributed by atoms with Gasteiger partial charge in [0.15, 0.2) is 0 Å². The first-order valence-corrected chi connectivity index (χ1v) is 5.10. The van der Waals surface area contributed by atoms with Gasteiger partial charge in [-0.15, -0.1) is 0 Å². The fraction of sp³-hybridized carbons (Fsp3) is 0.889. The lowest BCUT2D eigenvalue weighted by Crippen LogP contribution is -2.30. The second-order valence-corrected chi connectivity index (χ2v) is 3.56. The first kappa shape index (κ1) is 11.3. The average Bonchev–Trinajstić information content (AvgIpc) is 2.69. The molecule has 1 heterocycles. The van der Waals surface area contributed by atoms with Crippen molar-refractivity contribution >= 4 is 5.84 Å². The van der Waals surface area contributed by atoms with E-state index >= 15 is 0 Å². The summed E-state index contributed by atoms with van der Waals surface area (Å²) in [6.07, 6.45) is 3.78. The van der Waals surface area contributed by atoms with Crippen molar-refractivity contribution in [1.29, 1.82) is 0 Å². The molecule has 1 atom stereocenters. The number of nitrogens with one attached hydrogen (secondary N) is 1. The molecule has 0 aromatic heterocycles. The van der Waals surface area contributed by atoms with Crippen LogP contribution in [0.3, 0.4) is 0 Å². The van der Waals surface area contributed by atoms with Crippen LogP contribution < -0.4 is 11.1 Å². The number of ether oxygens (including phenoxy) is 1. The maximum atomic E-state index is 8.29. The quantitative estimate of drug-likeness (QED) is 0.190. The maximum absolute atomic E-state index is 8.29. The van der Waals surface area contributed by atoms with Crippen LogP contribution in [0.1, 0.15) is 25.7 Å². The Bertz CT molecular complexity index is 179. The van der Waals surface area contributed by atoms with E-state index in [1.165, 1.54) is 0 Å². The molecule has 0 aromatic rings. The number of nitrogens with two attached hydrogens (primary N) is 1. The van der Waals surface area contributed by atoms with Gasteiger partial charge in [0.2, 0.25) is 0 Å². The molecule has 0 radical (unpaired) electrons. The van der Waals surface area contributed by atoms with Crippen LogP contribution in [0.15, 0.2) is 5.16 Å². The standard InChI is InChI=1S/C9H19N3O2/c10-9(12-13)3-1-2-5-11-8-4-6-14-7-8/h8,11,13H,1-7H2,(H2,10,12). The Morgan fingerprint density at radius 1 is 1.57 bits per heavy atom. The molecular formula is C9H19N3O2. The van der Waals surface area contributed by atoms with Crippen LogP contribution in [-0.2, 0) is 4.74 Å². The third kappa shape index (κ3) is 4.43. The largest absolute Gasteiger partial charge is 0.409 e. The van der Waals surface area contributed by atoms with E-state index in [4.69, 9.17) is 15.7 Å². The number of hydrogen-bond donors (Lipinski definition) is 3. The van der Waals surface area contributed by atoms with Crippen LogP contribution in [0.2, 0.25) is 0 Å². The van der Waals surface area contributed by atoms with Crippen LogP contribution in [0.4, 0.5) is 0 Å². The van der Waals surface area contributed by atoms with Gasteiger partial charge in [0, 0.05) is 19.1 Å². The van der Waals surface area contributed by atoms with Gasteiger partial charge in [0.1, 0.15) is 5.84 Å². The summed E-state index contributed by atoms with van der Waals surface area (Å²) < 4.78 is 5.24. The van der Waals surface area contributed by atoms with Gasteiger partial charge < -0.3 is 21.0 Å². The summed E-state index contributed by atoms with van der Waals surface area (Å²) in [5.41, 5.74) is 5.34. The van der Waals surface area contributed by atoms with Crippen LogP contribution >= 0.6 is 0 Å². The van der Waals surface area contributed by atoms with Crippen molar-refractivity contribution in [3.05, 3.63) is 0 Å². The third-order valence-corrected chi connectivity index (χ3v) is 2.35. The van der Waals surface area contributed by atoms with Crippen molar-refractivity contribution in [3.63, 3.8) is 0 Å². The summed E-state index contributed by atoms with van der Waals surface area (Å²) in [5, 5.41) is 14.6. The highest BCUT2D eigenvalue weighted by Gasteiger charge is 2.13. The number of hydrogen-bond acceptors (Lipinski definition) is 4. The van der Waals surface area contributed by atoms with E-state index in [0.29, 0.717) is 18.3 Å². The zero-order valence-electron chi connectivity index (χ0n) is 8.41. The van der Waals surface area contributed by atoms with Crippen molar-refractivity contribution in [2.45, 2.75) is 31.7 Å². The summed E-state index contributed by atoms with van der Waals surface area (Å²) in [5.74, 6) is 0.314. The second-order valence-electron chi connectivity index (χ2n) is 3.56. The van der Waals surface area contributed by atoms with Gasteiger partial charge >= 0.3 is 0 Å². The highest BCUT2D eigenvalue weighted by Crippen LogP contribution is 2.03. The highest BCUT2D eigenvalue weighted by atomic mass is 16.5. The van der Waals surface area contributed by atoms with Gasteiger partial charge in [-0.25, -0.2) is 0 Å². The highest BCUT2D eigenvalue weighted by molar-refractivity contribution is 5.79. The molecule has 1 aliphatic rings. The molecule has 4 N–H and O–H groups in total. The molecule has 0 aromatic carbocycles. The van der Waals surface area contributed by atoms with Crippen molar-refractivity contribution < 1.29 is 9.94 Å². The zero-order chi connectivity index (χ0) is 10.2. The molecule has 0 bridgehead atoms. The van der Waals surface area contributed by atoms with Gasteiger partial charge in [-0.1, -0.05) is 5.16 Å². The Hall–Kier alpha value is -0.810. The topological polar surface area (TPSA) is 79.9 Å². The third-order valence-electron chi connectivity index (χ3n) is 2.35. The monoisotopic (exact) mass is 201 g/mol. The maximum Gasteiger partial charge on any atom is 0.139 e. The lowest BCUT2D eigenvalue weighted by Gasteiger charge is -2.09. The number of unbranched alkanes of at least 4 members (excludes halogenated alkanes) is 1. The number of rotatable bonds is 6. The molecule has 0 aliphatic carbocycles. The van der Waals surface area contributed by atoms with E-state index in [2.05, 4.69) is 10.5 Å². The van der Waals surface area contributed by atoms with E-state index in [1.807, 2.05) is 0 Å². The van der Waals surface area contributed by atoms with Crippen molar-refractivity contribution in [1.82, 2.24) is 5.32 Å². The van der Waals surface area contributed by atoms with E-state index < -0.39 is 0 Å². The molecular weight excluding hydrogens is 182 g/mol. The van der Waals surface area contributed by atoms with E-state index in [1.54, 1.807) is 0 Å². The SMILES string of the molecule is NC(CCCCNC1CCOC1)=NO. The first-order valence-electron chi connectivity index (χ1n) is 5.10. The molecule has 1 unspecified atom stereocenters. The summed E-state index contributed by atoms with van der Waals surface area (Å²) in [7, 11) is 0. The number of amidine groups is 1. The molecule has 5 heteroatoms. The Morgan fingerprint density at radius 3 is 3.07 bits per heavy atom. The molecule has 82 valence electrons. The summed E-state index contributed by atoms with van der Waals surface area (Å²) in [6.45, 7) is 2.69. The van der Waals surface area contributed by atoms with Crippen molar-refractivity contribution in [2.24, 2.45) is 10.9 Å². The van der Waals surface area contributed by atoms with E-state index in [0.717, 1.165) is 39.0 Å². The minimum atomic E-state index is 0.314. The minimum Gasteiger partial charge on any atom is -0.409 e. The van der Waals surface area contributed by atoms with Crippen molar-refractivity contribution in [3.8, 4) is 0 Å². The smallest absolute Gasteiger partial charge is 0.139 e. The fourth-order valence-corrected chi connectivity index (χ4v) is 1.48. The van der Waals surface area contributed by atoms with Crippen LogP contribution in [0.25, 0.3) is 0 Å². The Kier molecular flexibility index (Phi) is 5.32. The lowest BCUT2D eigenvalue weighted by atomic mass is 10.2. The molecule has 0 saturated carbocycles. The number of nitrogens with zero attached hydrogens (tertiary/aromatic N) is 1. The van der Waals surface area contributed by atoms with Gasteiger partial charge in [-0.3, -0.25) is 0 Å². The predicted octanol–water partition coefficient (Wildman–Crippen LogP) is 0.282. The fourth-order valence-electron chi connectivity index (χ4n) is 1.48. The molecule has 1 fully saturated rings. The van der Waals surface area contributed by atoms with E-state index in [-0.39, 0.29) is 0 Å². The second kappa shape index (κ2) is 6.62.